The topological polar surface area (TPSA) is 54.5 Å². The number of hydrogen-bond acceptors (Lipinski definition) is 4. The molecule has 1 atom stereocenters. The highest BCUT2D eigenvalue weighted by molar-refractivity contribution is 6.04. The lowest BCUT2D eigenvalue weighted by atomic mass is 10.2. The van der Waals surface area contributed by atoms with E-state index >= 15 is 0 Å². The minimum absolute atomic E-state index is 0.0323. The number of nitrogens with zero attached hydrogens (tertiary/aromatic N) is 2. The van der Waals surface area contributed by atoms with Crippen LogP contribution in [0, 0.1) is 11.7 Å². The van der Waals surface area contributed by atoms with Crippen LogP contribution in [0.1, 0.15) is 23.7 Å². The third-order valence-corrected chi connectivity index (χ3v) is 4.31. The summed E-state index contributed by atoms with van der Waals surface area (Å²) in [4.78, 5) is 18.1. The molecule has 1 aliphatic rings. The van der Waals surface area contributed by atoms with Crippen molar-refractivity contribution in [2.75, 3.05) is 31.6 Å². The lowest BCUT2D eigenvalue weighted by molar-refractivity contribution is 0.102. The van der Waals surface area contributed by atoms with E-state index in [9.17, 15) is 9.18 Å². The van der Waals surface area contributed by atoms with E-state index in [-0.39, 0.29) is 5.56 Å². The van der Waals surface area contributed by atoms with Crippen LogP contribution in [0.25, 0.3) is 0 Å². The number of likely N-dealkylation sites (tertiary alicyclic amines) is 1. The molecule has 6 heteroatoms. The van der Waals surface area contributed by atoms with Gasteiger partial charge in [0, 0.05) is 25.0 Å². The predicted molar refractivity (Wildman–Crippen MR) is 94.3 cm³/mol. The number of carbonyl (C=O) groups excluding carboxylic acids is 1. The Kier molecular flexibility index (Phi) is 5.60. The Morgan fingerprint density at radius 3 is 2.84 bits per heavy atom. The first-order chi connectivity index (χ1) is 12.1. The smallest absolute Gasteiger partial charge is 0.258 e. The Bertz CT molecular complexity index is 721. The van der Waals surface area contributed by atoms with Gasteiger partial charge in [0.1, 0.15) is 12.4 Å². The molecule has 1 aromatic carbocycles. The highest BCUT2D eigenvalue weighted by Crippen LogP contribution is 2.18. The first-order valence-electron chi connectivity index (χ1n) is 8.48. The van der Waals surface area contributed by atoms with E-state index in [0.717, 1.165) is 37.5 Å². The maximum absolute atomic E-state index is 13.6. The van der Waals surface area contributed by atoms with Crippen molar-refractivity contribution in [2.45, 2.75) is 13.3 Å². The van der Waals surface area contributed by atoms with Crippen molar-refractivity contribution in [3.05, 3.63) is 54.1 Å². The van der Waals surface area contributed by atoms with Crippen LogP contribution in [0.2, 0.25) is 0 Å². The van der Waals surface area contributed by atoms with Crippen LogP contribution in [0.4, 0.5) is 10.1 Å². The Morgan fingerprint density at radius 1 is 1.36 bits per heavy atom. The van der Waals surface area contributed by atoms with Gasteiger partial charge < -0.3 is 10.1 Å². The molecular weight excluding hydrogens is 321 g/mol. The van der Waals surface area contributed by atoms with Crippen LogP contribution in [0.15, 0.2) is 42.7 Å². The van der Waals surface area contributed by atoms with Gasteiger partial charge in [-0.2, -0.15) is 0 Å². The summed E-state index contributed by atoms with van der Waals surface area (Å²) in [5.74, 6) is 0.376. The van der Waals surface area contributed by atoms with Crippen molar-refractivity contribution in [1.82, 2.24) is 9.88 Å². The minimum atomic E-state index is -0.642. The number of carbonyl (C=O) groups is 1. The number of hydrogen-bond donors (Lipinski definition) is 1. The monoisotopic (exact) mass is 343 g/mol. The SMILES string of the molecule is C[C@H]1CCN(CCOc2ccc(NC(=O)c3ccncc3F)cc2)C1. The van der Waals surface area contributed by atoms with Crippen LogP contribution < -0.4 is 10.1 Å². The van der Waals surface area contributed by atoms with Gasteiger partial charge in [-0.15, -0.1) is 0 Å². The van der Waals surface area contributed by atoms with Crippen molar-refractivity contribution in [3.8, 4) is 5.75 Å². The standard InChI is InChI=1S/C19H22FN3O2/c1-14-7-9-23(13-14)10-11-25-16-4-2-15(3-5-16)22-19(24)17-6-8-21-12-18(17)20/h2-6,8,12,14H,7,9-11,13H2,1H3,(H,22,24)/t14-/m0/s1. The maximum atomic E-state index is 13.6. The summed E-state index contributed by atoms with van der Waals surface area (Å²) in [7, 11) is 0. The molecule has 25 heavy (non-hydrogen) atoms. The van der Waals surface area contributed by atoms with Gasteiger partial charge in [0.2, 0.25) is 0 Å². The molecule has 3 rings (SSSR count). The second-order valence-electron chi connectivity index (χ2n) is 6.38. The fourth-order valence-corrected chi connectivity index (χ4v) is 2.91. The molecule has 2 heterocycles. The normalized spacial score (nSPS) is 17.4. The number of benzene rings is 1. The Balaban J connectivity index is 1.48. The summed E-state index contributed by atoms with van der Waals surface area (Å²) in [5.41, 5.74) is 0.553. The van der Waals surface area contributed by atoms with Gasteiger partial charge in [0.05, 0.1) is 11.8 Å². The van der Waals surface area contributed by atoms with Crippen molar-refractivity contribution in [2.24, 2.45) is 5.92 Å². The molecule has 1 fully saturated rings. The molecule has 1 aromatic heterocycles. The average molecular weight is 343 g/mol. The van der Waals surface area contributed by atoms with Crippen molar-refractivity contribution in [3.63, 3.8) is 0 Å². The third kappa shape index (κ3) is 4.76. The number of ether oxygens (including phenoxy) is 1. The zero-order valence-corrected chi connectivity index (χ0v) is 14.2. The van der Waals surface area contributed by atoms with Crippen molar-refractivity contribution >= 4 is 11.6 Å². The lowest BCUT2D eigenvalue weighted by Gasteiger charge is -2.15. The van der Waals surface area contributed by atoms with Gasteiger partial charge >= 0.3 is 0 Å². The molecule has 2 aromatic rings. The predicted octanol–water partition coefficient (Wildman–Crippen LogP) is 3.19. The first kappa shape index (κ1) is 17.4. The second-order valence-corrected chi connectivity index (χ2v) is 6.38. The van der Waals surface area contributed by atoms with Crippen LogP contribution in [-0.4, -0.2) is 42.0 Å². The molecule has 1 N–H and O–H groups in total. The van der Waals surface area contributed by atoms with E-state index in [1.165, 1.54) is 18.7 Å². The average Bonchev–Trinajstić information content (AvgIpc) is 3.02. The highest BCUT2D eigenvalue weighted by atomic mass is 19.1. The zero-order valence-electron chi connectivity index (χ0n) is 14.2. The fourth-order valence-electron chi connectivity index (χ4n) is 2.91. The number of nitrogens with one attached hydrogen (secondary N) is 1. The van der Waals surface area contributed by atoms with Gasteiger partial charge in [-0.25, -0.2) is 4.39 Å². The third-order valence-electron chi connectivity index (χ3n) is 4.31. The van der Waals surface area contributed by atoms with E-state index in [4.69, 9.17) is 4.74 Å². The minimum Gasteiger partial charge on any atom is -0.492 e. The molecule has 0 aliphatic carbocycles. The molecule has 5 nitrogen and oxygen atoms in total. The van der Waals surface area contributed by atoms with E-state index in [2.05, 4.69) is 22.1 Å². The number of anilines is 1. The van der Waals surface area contributed by atoms with Crippen LogP contribution >= 0.6 is 0 Å². The van der Waals surface area contributed by atoms with Gasteiger partial charge in [-0.05, 0) is 49.2 Å². The fraction of sp³-hybridized carbons (Fsp3) is 0.368. The number of aromatic nitrogens is 1. The summed E-state index contributed by atoms with van der Waals surface area (Å²) in [6, 6.07) is 8.42. The van der Waals surface area contributed by atoms with Gasteiger partial charge in [0.25, 0.3) is 5.91 Å². The molecule has 1 amide bonds. The van der Waals surface area contributed by atoms with Crippen molar-refractivity contribution < 1.29 is 13.9 Å². The van der Waals surface area contributed by atoms with E-state index < -0.39 is 11.7 Å². The first-order valence-corrected chi connectivity index (χ1v) is 8.48. The number of rotatable bonds is 6. The molecule has 0 radical (unpaired) electrons. The van der Waals surface area contributed by atoms with Gasteiger partial charge in [-0.1, -0.05) is 6.92 Å². The van der Waals surface area contributed by atoms with E-state index in [1.54, 1.807) is 24.3 Å². The maximum Gasteiger partial charge on any atom is 0.258 e. The number of amides is 1. The summed E-state index contributed by atoms with van der Waals surface area (Å²) in [6.45, 7) is 6.11. The van der Waals surface area contributed by atoms with Gasteiger partial charge in [-0.3, -0.25) is 14.7 Å². The van der Waals surface area contributed by atoms with E-state index in [1.807, 2.05) is 0 Å². The summed E-state index contributed by atoms with van der Waals surface area (Å²) < 4.78 is 19.3. The summed E-state index contributed by atoms with van der Waals surface area (Å²) >= 11 is 0. The lowest BCUT2D eigenvalue weighted by Crippen LogP contribution is -2.25. The number of pyridine rings is 1. The molecule has 1 saturated heterocycles. The molecule has 0 saturated carbocycles. The van der Waals surface area contributed by atoms with Crippen molar-refractivity contribution in [1.29, 1.82) is 0 Å². The Hall–Kier alpha value is -2.47. The quantitative estimate of drug-likeness (QED) is 0.875. The van der Waals surface area contributed by atoms with Crippen LogP contribution in [0.5, 0.6) is 5.75 Å². The molecule has 132 valence electrons. The molecule has 0 spiro atoms. The largest absolute Gasteiger partial charge is 0.492 e. The summed E-state index contributed by atoms with van der Waals surface area (Å²) in [5, 5.41) is 2.66. The van der Waals surface area contributed by atoms with E-state index in [0.29, 0.717) is 12.3 Å². The van der Waals surface area contributed by atoms with Gasteiger partial charge in [0.15, 0.2) is 5.82 Å². The molecule has 0 unspecified atom stereocenters. The highest BCUT2D eigenvalue weighted by Gasteiger charge is 2.17. The zero-order chi connectivity index (χ0) is 17.6. The Labute approximate surface area is 146 Å². The summed E-state index contributed by atoms with van der Waals surface area (Å²) in [6.07, 6.45) is 3.66. The molecular formula is C19H22FN3O2. The van der Waals surface area contributed by atoms with Crippen LogP contribution in [-0.2, 0) is 0 Å². The molecule has 0 bridgehead atoms. The second kappa shape index (κ2) is 8.07. The number of halogens is 1. The molecule has 1 aliphatic heterocycles. The Morgan fingerprint density at radius 2 is 2.16 bits per heavy atom. The van der Waals surface area contributed by atoms with Crippen LogP contribution in [0.3, 0.4) is 0 Å².